The number of rotatable bonds is 4. The van der Waals surface area contributed by atoms with E-state index in [2.05, 4.69) is 0 Å². The van der Waals surface area contributed by atoms with Crippen molar-refractivity contribution in [3.05, 3.63) is 69.8 Å². The van der Waals surface area contributed by atoms with E-state index >= 15 is 0 Å². The fourth-order valence-corrected chi connectivity index (χ4v) is 2.63. The Labute approximate surface area is 136 Å². The number of allylic oxidation sites excluding steroid dienone is 1. The maximum absolute atomic E-state index is 12.6. The highest BCUT2D eigenvalue weighted by atomic mass is 16.5. The van der Waals surface area contributed by atoms with Gasteiger partial charge in [0, 0.05) is 5.56 Å². The summed E-state index contributed by atoms with van der Waals surface area (Å²) >= 11 is 0. The summed E-state index contributed by atoms with van der Waals surface area (Å²) in [6.45, 7) is 5.99. The Morgan fingerprint density at radius 2 is 1.78 bits per heavy atom. The van der Waals surface area contributed by atoms with Crippen LogP contribution in [0.25, 0.3) is 6.08 Å². The van der Waals surface area contributed by atoms with Crippen molar-refractivity contribution in [1.29, 1.82) is 5.26 Å². The molecule has 0 saturated carbocycles. The lowest BCUT2D eigenvalue weighted by molar-refractivity contribution is 0.103. The van der Waals surface area contributed by atoms with Gasteiger partial charge in [-0.15, -0.1) is 0 Å². The van der Waals surface area contributed by atoms with Crippen molar-refractivity contribution in [3.8, 4) is 11.8 Å². The van der Waals surface area contributed by atoms with Crippen molar-refractivity contribution in [2.75, 3.05) is 7.11 Å². The molecule has 0 spiro atoms. The van der Waals surface area contributed by atoms with E-state index in [1.165, 1.54) is 0 Å². The zero-order valence-electron chi connectivity index (χ0n) is 13.8. The van der Waals surface area contributed by atoms with Gasteiger partial charge in [0.05, 0.1) is 7.11 Å². The molecule has 0 aromatic heterocycles. The van der Waals surface area contributed by atoms with Crippen LogP contribution in [0.2, 0.25) is 0 Å². The van der Waals surface area contributed by atoms with Crippen molar-refractivity contribution >= 4 is 11.9 Å². The molecule has 0 saturated heterocycles. The molecule has 2 aromatic carbocycles. The average molecular weight is 305 g/mol. The van der Waals surface area contributed by atoms with Crippen LogP contribution in [0.3, 0.4) is 0 Å². The van der Waals surface area contributed by atoms with Gasteiger partial charge in [0.15, 0.2) is 0 Å². The highest BCUT2D eigenvalue weighted by molar-refractivity contribution is 6.14. The fourth-order valence-electron chi connectivity index (χ4n) is 2.63. The molecule has 0 aliphatic carbocycles. The molecular weight excluding hydrogens is 286 g/mol. The van der Waals surface area contributed by atoms with E-state index in [9.17, 15) is 10.1 Å². The standard InChI is InChI=1S/C20H19NO2/c1-13-8-14(2)19(15(3)9-13)11-17(12-21)20(22)16-6-5-7-18(10-16)23-4/h5-11H,1-4H3/b17-11+. The molecule has 0 aliphatic rings. The minimum Gasteiger partial charge on any atom is -0.497 e. The highest BCUT2D eigenvalue weighted by Gasteiger charge is 2.14. The Morgan fingerprint density at radius 1 is 1.13 bits per heavy atom. The van der Waals surface area contributed by atoms with Crippen molar-refractivity contribution < 1.29 is 9.53 Å². The monoisotopic (exact) mass is 305 g/mol. The van der Waals surface area contributed by atoms with Crippen LogP contribution in [0, 0.1) is 32.1 Å². The molecule has 0 radical (unpaired) electrons. The van der Waals surface area contributed by atoms with Crippen molar-refractivity contribution in [3.63, 3.8) is 0 Å². The van der Waals surface area contributed by atoms with Crippen LogP contribution < -0.4 is 4.74 Å². The number of ether oxygens (including phenoxy) is 1. The van der Waals surface area contributed by atoms with Gasteiger partial charge < -0.3 is 4.74 Å². The van der Waals surface area contributed by atoms with Crippen LogP contribution in [-0.4, -0.2) is 12.9 Å². The number of carbonyl (C=O) groups is 1. The number of aryl methyl sites for hydroxylation is 3. The van der Waals surface area contributed by atoms with Crippen molar-refractivity contribution in [1.82, 2.24) is 0 Å². The zero-order chi connectivity index (χ0) is 17.0. The van der Waals surface area contributed by atoms with E-state index < -0.39 is 0 Å². The van der Waals surface area contributed by atoms with Gasteiger partial charge >= 0.3 is 0 Å². The second-order valence-electron chi connectivity index (χ2n) is 5.54. The fraction of sp³-hybridized carbons (Fsp3) is 0.200. The summed E-state index contributed by atoms with van der Waals surface area (Å²) in [7, 11) is 1.55. The van der Waals surface area contributed by atoms with Crippen LogP contribution in [0.1, 0.15) is 32.6 Å². The number of nitriles is 1. The molecule has 116 valence electrons. The Kier molecular flexibility index (Phi) is 4.98. The third-order valence-electron chi connectivity index (χ3n) is 3.72. The largest absolute Gasteiger partial charge is 0.497 e. The van der Waals surface area contributed by atoms with E-state index in [1.807, 2.05) is 39.0 Å². The Morgan fingerprint density at radius 3 is 2.35 bits per heavy atom. The highest BCUT2D eigenvalue weighted by Crippen LogP contribution is 2.22. The first-order valence-corrected chi connectivity index (χ1v) is 7.34. The van der Waals surface area contributed by atoms with Gasteiger partial charge in [-0.1, -0.05) is 29.8 Å². The Hall–Kier alpha value is -2.86. The second kappa shape index (κ2) is 6.93. The first-order chi connectivity index (χ1) is 11.0. The van der Waals surface area contributed by atoms with Crippen LogP contribution in [0.4, 0.5) is 0 Å². The quantitative estimate of drug-likeness (QED) is 0.477. The molecule has 0 N–H and O–H groups in total. The molecule has 0 fully saturated rings. The van der Waals surface area contributed by atoms with Gasteiger partial charge in [-0.3, -0.25) is 4.79 Å². The topological polar surface area (TPSA) is 50.1 Å². The van der Waals surface area contributed by atoms with E-state index in [4.69, 9.17) is 4.74 Å². The average Bonchev–Trinajstić information content (AvgIpc) is 2.53. The molecule has 0 aliphatic heterocycles. The number of benzene rings is 2. The number of hydrogen-bond acceptors (Lipinski definition) is 3. The molecule has 23 heavy (non-hydrogen) atoms. The third-order valence-corrected chi connectivity index (χ3v) is 3.72. The van der Waals surface area contributed by atoms with Gasteiger partial charge in [-0.25, -0.2) is 0 Å². The van der Waals surface area contributed by atoms with Gasteiger partial charge in [-0.05, 0) is 55.7 Å². The number of nitrogens with zero attached hydrogens (tertiary/aromatic N) is 1. The first kappa shape index (κ1) is 16.5. The molecule has 0 atom stereocenters. The van der Waals surface area contributed by atoms with E-state index in [0.29, 0.717) is 11.3 Å². The maximum Gasteiger partial charge on any atom is 0.203 e. The SMILES string of the molecule is COc1cccc(C(=O)/C(C#N)=C/c2c(C)cc(C)cc2C)c1. The summed E-state index contributed by atoms with van der Waals surface area (Å²) in [6, 6.07) is 12.9. The predicted octanol–water partition coefficient (Wildman–Crippen LogP) is 4.41. The predicted molar refractivity (Wildman–Crippen MR) is 91.6 cm³/mol. The minimum absolute atomic E-state index is 0.119. The minimum atomic E-state index is -0.300. The lowest BCUT2D eigenvalue weighted by atomic mass is 9.95. The van der Waals surface area contributed by atoms with E-state index in [0.717, 1.165) is 22.3 Å². The molecule has 0 unspecified atom stereocenters. The maximum atomic E-state index is 12.6. The van der Waals surface area contributed by atoms with Gasteiger partial charge in [0.2, 0.25) is 5.78 Å². The van der Waals surface area contributed by atoms with Gasteiger partial charge in [0.25, 0.3) is 0 Å². The number of ketones is 1. The van der Waals surface area contributed by atoms with Gasteiger partial charge in [0.1, 0.15) is 17.4 Å². The molecule has 3 nitrogen and oxygen atoms in total. The molecule has 0 bridgehead atoms. The number of Topliss-reactive ketones (excluding diaryl/α,β-unsaturated/α-hetero) is 1. The summed E-state index contributed by atoms with van der Waals surface area (Å²) in [5.41, 5.74) is 4.74. The molecule has 2 rings (SSSR count). The van der Waals surface area contributed by atoms with Gasteiger partial charge in [-0.2, -0.15) is 5.26 Å². The number of carbonyl (C=O) groups excluding carboxylic acids is 1. The first-order valence-electron chi connectivity index (χ1n) is 7.34. The summed E-state index contributed by atoms with van der Waals surface area (Å²) in [5.74, 6) is 0.293. The lowest BCUT2D eigenvalue weighted by Crippen LogP contribution is -2.03. The molecular formula is C20H19NO2. The van der Waals surface area contributed by atoms with E-state index in [1.54, 1.807) is 37.5 Å². The number of methoxy groups -OCH3 is 1. The van der Waals surface area contributed by atoms with Crippen molar-refractivity contribution in [2.24, 2.45) is 0 Å². The van der Waals surface area contributed by atoms with Crippen LogP contribution in [0.5, 0.6) is 5.75 Å². The summed E-state index contributed by atoms with van der Waals surface area (Å²) in [4.78, 5) is 12.6. The number of hydrogen-bond donors (Lipinski definition) is 0. The van der Waals surface area contributed by atoms with E-state index in [-0.39, 0.29) is 11.4 Å². The van der Waals surface area contributed by atoms with Crippen LogP contribution in [0.15, 0.2) is 42.0 Å². The molecule has 0 amide bonds. The van der Waals surface area contributed by atoms with Crippen LogP contribution in [-0.2, 0) is 0 Å². The molecule has 2 aromatic rings. The summed E-state index contributed by atoms with van der Waals surface area (Å²) < 4.78 is 5.13. The second-order valence-corrected chi connectivity index (χ2v) is 5.54. The normalized spacial score (nSPS) is 11.0. The summed E-state index contributed by atoms with van der Waals surface area (Å²) in [6.07, 6.45) is 1.67. The smallest absolute Gasteiger partial charge is 0.203 e. The third kappa shape index (κ3) is 3.67. The zero-order valence-corrected chi connectivity index (χ0v) is 13.8. The molecule has 3 heteroatoms. The molecule has 0 heterocycles. The van der Waals surface area contributed by atoms with Crippen LogP contribution >= 0.6 is 0 Å². The summed E-state index contributed by atoms with van der Waals surface area (Å²) in [5, 5.41) is 9.41. The Balaban J connectivity index is 2.47. The Bertz CT molecular complexity index is 803. The van der Waals surface area contributed by atoms with Crippen molar-refractivity contribution in [2.45, 2.75) is 20.8 Å². The lowest BCUT2D eigenvalue weighted by Gasteiger charge is -2.08.